The lowest BCUT2D eigenvalue weighted by Gasteiger charge is -2.43. The monoisotopic (exact) mass is 602 g/mol. The number of ether oxygens (including phenoxy) is 1. The normalized spacial score (nSPS) is 20.1. The summed E-state index contributed by atoms with van der Waals surface area (Å²) in [6.45, 7) is 7.27. The Morgan fingerprint density at radius 2 is 1.82 bits per heavy atom. The molecule has 0 unspecified atom stereocenters. The van der Waals surface area contributed by atoms with Crippen molar-refractivity contribution in [1.82, 2.24) is 35.2 Å². The maximum atomic E-state index is 14.1. The highest BCUT2D eigenvalue weighted by atomic mass is 16.6. The molecule has 2 N–H and O–H groups in total. The van der Waals surface area contributed by atoms with E-state index in [1.807, 2.05) is 51.1 Å². The van der Waals surface area contributed by atoms with E-state index in [-0.39, 0.29) is 37.0 Å². The smallest absolute Gasteiger partial charge is 0.410 e. The van der Waals surface area contributed by atoms with E-state index in [2.05, 4.69) is 25.4 Å². The molecule has 13 heteroatoms. The lowest BCUT2D eigenvalue weighted by molar-refractivity contribution is -0.137. The number of anilines is 1. The summed E-state index contributed by atoms with van der Waals surface area (Å²) >= 11 is 0. The molecule has 0 aliphatic carbocycles. The van der Waals surface area contributed by atoms with Gasteiger partial charge in [-0.05, 0) is 58.2 Å². The first-order valence-electron chi connectivity index (χ1n) is 15.0. The van der Waals surface area contributed by atoms with Crippen LogP contribution in [-0.2, 0) is 14.3 Å². The van der Waals surface area contributed by atoms with Crippen LogP contribution in [-0.4, -0.2) is 110 Å². The lowest BCUT2D eigenvalue weighted by atomic mass is 9.85. The maximum Gasteiger partial charge on any atom is 0.410 e. The second-order valence-corrected chi connectivity index (χ2v) is 12.7. The maximum absolute atomic E-state index is 14.1. The van der Waals surface area contributed by atoms with Crippen LogP contribution >= 0.6 is 0 Å². The number of likely N-dealkylation sites (tertiary alicyclic amines) is 2. The van der Waals surface area contributed by atoms with Gasteiger partial charge in [0, 0.05) is 49.5 Å². The van der Waals surface area contributed by atoms with E-state index in [0.29, 0.717) is 56.7 Å². The largest absolute Gasteiger partial charge is 0.444 e. The molecule has 3 fully saturated rings. The molecule has 1 spiro atoms. The number of H-pyrrole nitrogens is 1. The van der Waals surface area contributed by atoms with Crippen LogP contribution in [0.15, 0.2) is 48.8 Å². The summed E-state index contributed by atoms with van der Waals surface area (Å²) < 4.78 is 5.46. The van der Waals surface area contributed by atoms with Gasteiger partial charge in [-0.3, -0.25) is 19.5 Å². The summed E-state index contributed by atoms with van der Waals surface area (Å²) in [5, 5.41) is 10.5. The number of para-hydroxylation sites is 1. The highest BCUT2D eigenvalue weighted by Crippen LogP contribution is 2.39. The molecule has 5 heterocycles. The molecular weight excluding hydrogens is 564 g/mol. The fraction of sp³-hybridized carbons (Fsp3) is 0.484. The van der Waals surface area contributed by atoms with Gasteiger partial charge in [0.05, 0.1) is 18.4 Å². The first-order valence-corrected chi connectivity index (χ1v) is 15.0. The van der Waals surface area contributed by atoms with Crippen LogP contribution in [0.5, 0.6) is 0 Å². The van der Waals surface area contributed by atoms with Gasteiger partial charge in [0.25, 0.3) is 11.8 Å². The third-order valence-electron chi connectivity index (χ3n) is 8.54. The molecule has 1 aromatic carbocycles. The first kappa shape index (κ1) is 29.4. The van der Waals surface area contributed by atoms with E-state index < -0.39 is 17.2 Å². The van der Waals surface area contributed by atoms with E-state index in [1.54, 1.807) is 33.2 Å². The van der Waals surface area contributed by atoms with Gasteiger partial charge >= 0.3 is 6.09 Å². The van der Waals surface area contributed by atoms with Crippen LogP contribution in [0, 0.1) is 0 Å². The van der Waals surface area contributed by atoms with Crippen molar-refractivity contribution < 1.29 is 23.9 Å². The Bertz CT molecular complexity index is 1560. The molecule has 0 bridgehead atoms. The number of carbonyl (C=O) groups excluding carboxylic acids is 4. The van der Waals surface area contributed by atoms with Crippen LogP contribution in [0.4, 0.5) is 10.5 Å². The van der Waals surface area contributed by atoms with Crippen molar-refractivity contribution in [1.29, 1.82) is 0 Å². The van der Waals surface area contributed by atoms with Crippen LogP contribution < -0.4 is 10.2 Å². The van der Waals surface area contributed by atoms with Gasteiger partial charge in [-0.25, -0.2) is 9.78 Å². The van der Waals surface area contributed by atoms with Crippen molar-refractivity contribution in [2.75, 3.05) is 44.3 Å². The number of hydrogen-bond acceptors (Lipinski definition) is 8. The minimum atomic E-state index is -0.869. The zero-order chi connectivity index (χ0) is 31.1. The fourth-order valence-electron chi connectivity index (χ4n) is 6.36. The Hall–Kier alpha value is -4.68. The quantitative estimate of drug-likeness (QED) is 0.453. The number of benzene rings is 1. The number of nitrogens with one attached hydrogen (secondary N) is 2. The van der Waals surface area contributed by atoms with Crippen LogP contribution in [0.25, 0.3) is 11.0 Å². The predicted molar refractivity (Wildman–Crippen MR) is 162 cm³/mol. The SMILES string of the molecule is CC(C)(C)OC(=O)N1CC[C@@H](NC(=O)CN2CN(c3ccccc3)C3(CCN(C(=O)c4cnc5[nH]ncc5c4)CC3)C2=O)C1. The number of nitrogens with zero attached hydrogens (tertiary/aromatic N) is 6. The van der Waals surface area contributed by atoms with E-state index in [9.17, 15) is 19.2 Å². The van der Waals surface area contributed by atoms with Gasteiger partial charge in [-0.1, -0.05) is 18.2 Å². The lowest BCUT2D eigenvalue weighted by Crippen LogP contribution is -2.57. The van der Waals surface area contributed by atoms with Crippen LogP contribution in [0.3, 0.4) is 0 Å². The topological polar surface area (TPSA) is 144 Å². The standard InChI is InChI=1S/C31H38N8O5/c1-30(2,3)44-29(43)37-12-9-23(18-37)34-25(40)19-38-20-39(24-7-5-4-6-8-24)31(28(38)42)10-13-36(14-11-31)27(41)22-15-21-17-33-35-26(21)32-16-22/h4-8,15-17,23H,9-14,18-20H2,1-3H3,(H,34,40)(H,32,33,35)/t23-/m1/s1. The first-order chi connectivity index (χ1) is 21.0. The molecule has 232 valence electrons. The zero-order valence-electron chi connectivity index (χ0n) is 25.3. The van der Waals surface area contributed by atoms with Gasteiger partial charge in [-0.2, -0.15) is 5.10 Å². The molecule has 13 nitrogen and oxygen atoms in total. The van der Waals surface area contributed by atoms with E-state index in [1.165, 1.54) is 0 Å². The van der Waals surface area contributed by atoms with E-state index in [4.69, 9.17) is 4.74 Å². The van der Waals surface area contributed by atoms with Crippen LogP contribution in [0.1, 0.15) is 50.4 Å². The third kappa shape index (κ3) is 5.78. The van der Waals surface area contributed by atoms with E-state index >= 15 is 0 Å². The van der Waals surface area contributed by atoms with Crippen molar-refractivity contribution in [3.8, 4) is 0 Å². The molecule has 6 rings (SSSR count). The molecule has 3 saturated heterocycles. The molecule has 3 aliphatic rings. The van der Waals surface area contributed by atoms with Crippen molar-refractivity contribution >= 4 is 40.5 Å². The van der Waals surface area contributed by atoms with E-state index in [0.717, 1.165) is 11.1 Å². The number of amides is 4. The van der Waals surface area contributed by atoms with Gasteiger partial charge in [0.1, 0.15) is 17.7 Å². The van der Waals surface area contributed by atoms with Gasteiger partial charge in [0.15, 0.2) is 5.65 Å². The minimum absolute atomic E-state index is 0.0914. The number of rotatable bonds is 5. The zero-order valence-corrected chi connectivity index (χ0v) is 25.3. The Balaban J connectivity index is 1.12. The summed E-state index contributed by atoms with van der Waals surface area (Å²) in [6.07, 6.45) is 4.26. The molecule has 2 aromatic heterocycles. The molecule has 4 amide bonds. The Morgan fingerprint density at radius 3 is 2.55 bits per heavy atom. The van der Waals surface area contributed by atoms with Gasteiger partial charge in [0.2, 0.25) is 5.91 Å². The van der Waals surface area contributed by atoms with Crippen molar-refractivity contribution in [3.05, 3.63) is 54.4 Å². The Labute approximate surface area is 255 Å². The summed E-state index contributed by atoms with van der Waals surface area (Å²) in [5.74, 6) is -0.526. The molecule has 0 saturated carbocycles. The Morgan fingerprint density at radius 1 is 1.07 bits per heavy atom. The number of fused-ring (bicyclic) bond motifs is 1. The van der Waals surface area contributed by atoms with Gasteiger partial charge < -0.3 is 29.7 Å². The molecule has 0 radical (unpaired) electrons. The minimum Gasteiger partial charge on any atom is -0.444 e. The Kier molecular flexibility index (Phi) is 7.64. The number of hydrogen-bond donors (Lipinski definition) is 2. The summed E-state index contributed by atoms with van der Waals surface area (Å²) in [5.41, 5.74) is 0.521. The van der Waals surface area contributed by atoms with Crippen molar-refractivity contribution in [2.45, 2.75) is 57.2 Å². The van der Waals surface area contributed by atoms with Crippen molar-refractivity contribution in [2.24, 2.45) is 0 Å². The molecule has 1 atom stereocenters. The number of carbonyl (C=O) groups is 4. The third-order valence-corrected chi connectivity index (χ3v) is 8.54. The number of piperidine rings is 1. The second-order valence-electron chi connectivity index (χ2n) is 12.7. The molecule has 3 aromatic rings. The number of aromatic nitrogens is 3. The number of aromatic amines is 1. The number of pyridine rings is 1. The average molecular weight is 603 g/mol. The summed E-state index contributed by atoms with van der Waals surface area (Å²) in [7, 11) is 0. The second kappa shape index (κ2) is 11.4. The van der Waals surface area contributed by atoms with Crippen molar-refractivity contribution in [3.63, 3.8) is 0 Å². The van der Waals surface area contributed by atoms with Crippen LogP contribution in [0.2, 0.25) is 0 Å². The predicted octanol–water partition coefficient (Wildman–Crippen LogP) is 2.36. The molecular formula is C31H38N8O5. The molecule has 44 heavy (non-hydrogen) atoms. The molecule has 3 aliphatic heterocycles. The highest BCUT2D eigenvalue weighted by Gasteiger charge is 2.54. The average Bonchev–Trinajstić information content (AvgIpc) is 3.72. The summed E-state index contributed by atoms with van der Waals surface area (Å²) in [6, 6.07) is 11.3. The van der Waals surface area contributed by atoms with Gasteiger partial charge in [-0.15, -0.1) is 0 Å². The summed E-state index contributed by atoms with van der Waals surface area (Å²) in [4.78, 5) is 64.4. The highest BCUT2D eigenvalue weighted by molar-refractivity contribution is 5.98. The fourth-order valence-corrected chi connectivity index (χ4v) is 6.36.